The number of halogens is 2. The lowest BCUT2D eigenvalue weighted by Crippen LogP contribution is -2.05. The van der Waals surface area contributed by atoms with Crippen LogP contribution in [-0.4, -0.2) is 20.9 Å². The zero-order valence-corrected chi connectivity index (χ0v) is 13.2. The maximum absolute atomic E-state index is 11.4. The molecule has 0 amide bonds. The average Bonchev–Trinajstić information content (AvgIpc) is 2.82. The second-order valence-electron chi connectivity index (χ2n) is 5.02. The van der Waals surface area contributed by atoms with E-state index in [0.717, 1.165) is 16.6 Å². The number of aromatic nitrogens is 2. The van der Waals surface area contributed by atoms with E-state index in [4.69, 9.17) is 23.2 Å². The summed E-state index contributed by atoms with van der Waals surface area (Å²) in [6, 6.07) is 10.7. The molecular formula is C16H12Cl2N2O2. The quantitative estimate of drug-likeness (QED) is 0.772. The molecule has 112 valence electrons. The first kappa shape index (κ1) is 14.9. The van der Waals surface area contributed by atoms with Crippen molar-refractivity contribution >= 4 is 40.1 Å². The third kappa shape index (κ3) is 2.56. The molecule has 4 nitrogen and oxygen atoms in total. The zero-order valence-electron chi connectivity index (χ0n) is 11.7. The lowest BCUT2D eigenvalue weighted by atomic mass is 10.1. The van der Waals surface area contributed by atoms with Crippen molar-refractivity contribution in [1.82, 2.24) is 9.78 Å². The number of carboxylic acid groups (broad SMARTS) is 1. The van der Waals surface area contributed by atoms with E-state index in [1.165, 1.54) is 0 Å². The van der Waals surface area contributed by atoms with Crippen LogP contribution in [-0.2, 0) is 6.54 Å². The highest BCUT2D eigenvalue weighted by atomic mass is 35.5. The Hall–Kier alpha value is -2.04. The maximum Gasteiger partial charge on any atom is 0.357 e. The monoisotopic (exact) mass is 334 g/mol. The number of nitrogens with zero attached hydrogens (tertiary/aromatic N) is 2. The fourth-order valence-electron chi connectivity index (χ4n) is 2.50. The summed E-state index contributed by atoms with van der Waals surface area (Å²) in [6.45, 7) is 2.31. The number of aromatic carboxylic acids is 1. The molecular weight excluding hydrogens is 323 g/mol. The smallest absolute Gasteiger partial charge is 0.357 e. The number of carboxylic acids is 1. The fraction of sp³-hybridized carbons (Fsp3) is 0.125. The first-order valence-electron chi connectivity index (χ1n) is 6.60. The van der Waals surface area contributed by atoms with E-state index < -0.39 is 5.97 Å². The summed E-state index contributed by atoms with van der Waals surface area (Å²) < 4.78 is 1.67. The number of fused-ring (bicyclic) bond motifs is 1. The highest BCUT2D eigenvalue weighted by molar-refractivity contribution is 6.35. The molecule has 0 atom stereocenters. The van der Waals surface area contributed by atoms with Crippen molar-refractivity contribution in [3.05, 3.63) is 63.3 Å². The van der Waals surface area contributed by atoms with Crippen LogP contribution in [0.15, 0.2) is 36.4 Å². The van der Waals surface area contributed by atoms with Crippen LogP contribution in [0.25, 0.3) is 10.9 Å². The van der Waals surface area contributed by atoms with Gasteiger partial charge in [0.15, 0.2) is 5.69 Å². The van der Waals surface area contributed by atoms with E-state index >= 15 is 0 Å². The van der Waals surface area contributed by atoms with Crippen molar-refractivity contribution in [3.63, 3.8) is 0 Å². The molecule has 0 aliphatic rings. The summed E-state index contributed by atoms with van der Waals surface area (Å²) in [5.41, 5.74) is 2.63. The standard InChI is InChI=1S/C16H12Cl2N2O2/c1-9-3-2-4-12-14(16(21)22)19-20(15(9)12)8-10-5-6-11(17)7-13(10)18/h2-7H,8H2,1H3,(H,21,22). The molecule has 0 bridgehead atoms. The minimum Gasteiger partial charge on any atom is -0.476 e. The minimum atomic E-state index is -1.04. The number of hydrogen-bond donors (Lipinski definition) is 1. The van der Waals surface area contributed by atoms with E-state index in [1.54, 1.807) is 22.9 Å². The van der Waals surface area contributed by atoms with Crippen LogP contribution in [0.3, 0.4) is 0 Å². The average molecular weight is 335 g/mol. The zero-order chi connectivity index (χ0) is 15.9. The lowest BCUT2D eigenvalue weighted by Gasteiger charge is -2.08. The van der Waals surface area contributed by atoms with Gasteiger partial charge in [-0.3, -0.25) is 4.68 Å². The normalized spacial score (nSPS) is 11.0. The predicted octanol–water partition coefficient (Wildman–Crippen LogP) is 4.40. The summed E-state index contributed by atoms with van der Waals surface area (Å²) in [6.07, 6.45) is 0. The van der Waals surface area contributed by atoms with Crippen LogP contribution in [0.5, 0.6) is 0 Å². The first-order chi connectivity index (χ1) is 10.5. The molecule has 0 aliphatic heterocycles. The summed E-state index contributed by atoms with van der Waals surface area (Å²) in [7, 11) is 0. The Morgan fingerprint density at radius 3 is 2.73 bits per heavy atom. The molecule has 0 saturated carbocycles. The minimum absolute atomic E-state index is 0.0452. The van der Waals surface area contributed by atoms with E-state index in [1.807, 2.05) is 25.1 Å². The van der Waals surface area contributed by atoms with Crippen molar-refractivity contribution < 1.29 is 9.90 Å². The second kappa shape index (κ2) is 5.63. The summed E-state index contributed by atoms with van der Waals surface area (Å²) in [4.78, 5) is 11.4. The number of hydrogen-bond acceptors (Lipinski definition) is 2. The van der Waals surface area contributed by atoms with Crippen LogP contribution in [0.4, 0.5) is 0 Å². The van der Waals surface area contributed by atoms with Crippen LogP contribution in [0.1, 0.15) is 21.6 Å². The van der Waals surface area contributed by atoms with Crippen molar-refractivity contribution in [2.24, 2.45) is 0 Å². The van der Waals surface area contributed by atoms with Gasteiger partial charge in [0.1, 0.15) is 0 Å². The van der Waals surface area contributed by atoms with Gasteiger partial charge in [0.05, 0.1) is 12.1 Å². The summed E-state index contributed by atoms with van der Waals surface area (Å²) in [5.74, 6) is -1.04. The lowest BCUT2D eigenvalue weighted by molar-refractivity contribution is 0.0691. The van der Waals surface area contributed by atoms with Crippen molar-refractivity contribution in [1.29, 1.82) is 0 Å². The highest BCUT2D eigenvalue weighted by Crippen LogP contribution is 2.26. The van der Waals surface area contributed by atoms with Crippen molar-refractivity contribution in [2.45, 2.75) is 13.5 Å². The Balaban J connectivity index is 2.16. The Kier molecular flexibility index (Phi) is 3.81. The van der Waals surface area contributed by atoms with Gasteiger partial charge in [-0.15, -0.1) is 0 Å². The van der Waals surface area contributed by atoms with Crippen LogP contribution < -0.4 is 0 Å². The SMILES string of the molecule is Cc1cccc2c(C(=O)O)nn(Cc3ccc(Cl)cc3Cl)c12. The van der Waals surface area contributed by atoms with E-state index in [2.05, 4.69) is 5.10 Å². The van der Waals surface area contributed by atoms with Crippen LogP contribution in [0.2, 0.25) is 10.0 Å². The van der Waals surface area contributed by atoms with E-state index in [0.29, 0.717) is 22.0 Å². The molecule has 2 aromatic carbocycles. The Bertz CT molecular complexity index is 887. The third-order valence-electron chi connectivity index (χ3n) is 3.51. The van der Waals surface area contributed by atoms with Gasteiger partial charge in [0.2, 0.25) is 0 Å². The van der Waals surface area contributed by atoms with Crippen molar-refractivity contribution in [2.75, 3.05) is 0 Å². The molecule has 0 unspecified atom stereocenters. The van der Waals surface area contributed by atoms with Gasteiger partial charge in [-0.2, -0.15) is 5.10 Å². The van der Waals surface area contributed by atoms with Gasteiger partial charge in [-0.05, 0) is 30.2 Å². The second-order valence-corrected chi connectivity index (χ2v) is 5.86. The molecule has 0 aliphatic carbocycles. The predicted molar refractivity (Wildman–Crippen MR) is 87.0 cm³/mol. The van der Waals surface area contributed by atoms with Crippen molar-refractivity contribution in [3.8, 4) is 0 Å². The summed E-state index contributed by atoms with van der Waals surface area (Å²) >= 11 is 12.1. The molecule has 22 heavy (non-hydrogen) atoms. The largest absolute Gasteiger partial charge is 0.476 e. The molecule has 1 heterocycles. The number of benzene rings is 2. The molecule has 1 aromatic heterocycles. The van der Waals surface area contributed by atoms with E-state index in [9.17, 15) is 9.90 Å². The van der Waals surface area contributed by atoms with Crippen LogP contribution >= 0.6 is 23.2 Å². The molecule has 0 fully saturated rings. The number of carbonyl (C=O) groups is 1. The molecule has 1 N–H and O–H groups in total. The van der Waals surface area contributed by atoms with Gasteiger partial charge < -0.3 is 5.11 Å². The fourth-order valence-corrected chi connectivity index (χ4v) is 2.97. The number of rotatable bonds is 3. The van der Waals surface area contributed by atoms with Crippen LogP contribution in [0, 0.1) is 6.92 Å². The Morgan fingerprint density at radius 1 is 1.27 bits per heavy atom. The van der Waals surface area contributed by atoms with Gasteiger partial charge >= 0.3 is 5.97 Å². The molecule has 0 radical (unpaired) electrons. The molecule has 0 saturated heterocycles. The molecule has 3 rings (SSSR count). The summed E-state index contributed by atoms with van der Waals surface area (Å²) in [5, 5.41) is 15.3. The van der Waals surface area contributed by atoms with E-state index in [-0.39, 0.29) is 5.69 Å². The molecule has 0 spiro atoms. The maximum atomic E-state index is 11.4. The van der Waals surface area contributed by atoms with Gasteiger partial charge in [0, 0.05) is 15.4 Å². The molecule has 6 heteroatoms. The highest BCUT2D eigenvalue weighted by Gasteiger charge is 2.18. The number of aryl methyl sites for hydroxylation is 1. The van der Waals surface area contributed by atoms with Gasteiger partial charge in [0.25, 0.3) is 0 Å². The number of para-hydroxylation sites is 1. The Morgan fingerprint density at radius 2 is 2.05 bits per heavy atom. The Labute approximate surface area is 136 Å². The van der Waals surface area contributed by atoms with Gasteiger partial charge in [-0.25, -0.2) is 4.79 Å². The first-order valence-corrected chi connectivity index (χ1v) is 7.36. The topological polar surface area (TPSA) is 55.1 Å². The molecule has 3 aromatic rings. The van der Waals surface area contributed by atoms with Gasteiger partial charge in [-0.1, -0.05) is 47.5 Å². The third-order valence-corrected chi connectivity index (χ3v) is 4.10.